The maximum atomic E-state index is 4.43. The Balaban J connectivity index is 2.01. The summed E-state index contributed by atoms with van der Waals surface area (Å²) in [6, 6.07) is 6.39. The van der Waals surface area contributed by atoms with E-state index in [9.17, 15) is 0 Å². The number of nitrogens with one attached hydrogen (secondary N) is 1. The van der Waals surface area contributed by atoms with Gasteiger partial charge in [-0.2, -0.15) is 11.3 Å². The summed E-state index contributed by atoms with van der Waals surface area (Å²) in [4.78, 5) is 6.69. The van der Waals surface area contributed by atoms with Crippen LogP contribution in [-0.2, 0) is 13.1 Å². The molecular formula is C16H23N3S. The molecule has 3 nitrogen and oxygen atoms in total. The van der Waals surface area contributed by atoms with Gasteiger partial charge in [0.2, 0.25) is 0 Å². The molecule has 0 saturated heterocycles. The molecule has 0 atom stereocenters. The van der Waals surface area contributed by atoms with E-state index in [1.165, 1.54) is 11.3 Å². The number of anilines is 1. The predicted octanol–water partition coefficient (Wildman–Crippen LogP) is 3.67. The maximum absolute atomic E-state index is 4.43. The summed E-state index contributed by atoms with van der Waals surface area (Å²) in [6.07, 6.45) is 1.89. The first kappa shape index (κ1) is 15.0. The van der Waals surface area contributed by atoms with Crippen LogP contribution in [0.5, 0.6) is 0 Å². The summed E-state index contributed by atoms with van der Waals surface area (Å²) in [6.45, 7) is 8.22. The van der Waals surface area contributed by atoms with Crippen molar-refractivity contribution in [2.45, 2.75) is 39.4 Å². The molecule has 20 heavy (non-hydrogen) atoms. The monoisotopic (exact) mass is 289 g/mol. The Labute approximate surface area is 125 Å². The summed E-state index contributed by atoms with van der Waals surface area (Å²) in [5, 5.41) is 7.78. The summed E-state index contributed by atoms with van der Waals surface area (Å²) < 4.78 is 0. The second-order valence-electron chi connectivity index (χ2n) is 6.10. The molecule has 1 N–H and O–H groups in total. The van der Waals surface area contributed by atoms with Crippen LogP contribution >= 0.6 is 11.3 Å². The number of hydrogen-bond donors (Lipinski definition) is 1. The molecule has 0 aliphatic heterocycles. The van der Waals surface area contributed by atoms with Gasteiger partial charge in [-0.25, -0.2) is 0 Å². The highest BCUT2D eigenvalue weighted by molar-refractivity contribution is 7.07. The fraction of sp³-hybridized carbons (Fsp3) is 0.438. The SMILES string of the molecule is CN(Cc1ccsc1)c1ccnc(CNC(C)(C)C)c1. The zero-order chi connectivity index (χ0) is 14.6. The normalized spacial score (nSPS) is 11.6. The van der Waals surface area contributed by atoms with Gasteiger partial charge in [0.25, 0.3) is 0 Å². The highest BCUT2D eigenvalue weighted by atomic mass is 32.1. The Hall–Kier alpha value is -1.39. The van der Waals surface area contributed by atoms with Gasteiger partial charge in [0.15, 0.2) is 0 Å². The average molecular weight is 289 g/mol. The molecule has 0 saturated carbocycles. The van der Waals surface area contributed by atoms with Crippen molar-refractivity contribution in [1.82, 2.24) is 10.3 Å². The molecule has 0 unspecified atom stereocenters. The average Bonchev–Trinajstić information content (AvgIpc) is 2.89. The Bertz CT molecular complexity index is 529. The number of aromatic nitrogens is 1. The second kappa shape index (κ2) is 6.37. The van der Waals surface area contributed by atoms with Crippen LogP contribution in [0, 0.1) is 0 Å². The number of nitrogens with zero attached hydrogens (tertiary/aromatic N) is 2. The van der Waals surface area contributed by atoms with Crippen molar-refractivity contribution in [1.29, 1.82) is 0 Å². The smallest absolute Gasteiger partial charge is 0.0562 e. The van der Waals surface area contributed by atoms with Gasteiger partial charge in [0.1, 0.15) is 0 Å². The minimum absolute atomic E-state index is 0.111. The first-order valence-electron chi connectivity index (χ1n) is 6.86. The third-order valence-electron chi connectivity index (χ3n) is 3.04. The molecule has 0 radical (unpaired) electrons. The third kappa shape index (κ3) is 4.62. The quantitative estimate of drug-likeness (QED) is 0.910. The highest BCUT2D eigenvalue weighted by Crippen LogP contribution is 2.17. The third-order valence-corrected chi connectivity index (χ3v) is 3.77. The van der Waals surface area contributed by atoms with E-state index in [1.807, 2.05) is 6.20 Å². The summed E-state index contributed by atoms with van der Waals surface area (Å²) in [5.74, 6) is 0. The van der Waals surface area contributed by atoms with Crippen LogP contribution in [0.4, 0.5) is 5.69 Å². The molecule has 2 aromatic rings. The van der Waals surface area contributed by atoms with E-state index in [0.29, 0.717) is 0 Å². The van der Waals surface area contributed by atoms with Crippen molar-refractivity contribution in [3.8, 4) is 0 Å². The number of pyridine rings is 1. The molecule has 0 fully saturated rings. The van der Waals surface area contributed by atoms with E-state index in [4.69, 9.17) is 0 Å². The molecule has 0 aliphatic carbocycles. The van der Waals surface area contributed by atoms with Gasteiger partial charge >= 0.3 is 0 Å². The zero-order valence-corrected chi connectivity index (χ0v) is 13.5. The fourth-order valence-electron chi connectivity index (χ4n) is 1.90. The molecule has 0 aliphatic rings. The number of thiophene rings is 1. The van der Waals surface area contributed by atoms with E-state index in [2.05, 4.69) is 72.0 Å². The summed E-state index contributed by atoms with van der Waals surface area (Å²) in [7, 11) is 2.12. The molecule has 108 valence electrons. The lowest BCUT2D eigenvalue weighted by Crippen LogP contribution is -2.35. The van der Waals surface area contributed by atoms with Crippen LogP contribution in [0.15, 0.2) is 35.2 Å². The molecule has 2 heterocycles. The molecule has 4 heteroatoms. The van der Waals surface area contributed by atoms with Gasteiger partial charge < -0.3 is 10.2 Å². The number of rotatable bonds is 5. The second-order valence-corrected chi connectivity index (χ2v) is 6.88. The van der Waals surface area contributed by atoms with E-state index in [-0.39, 0.29) is 5.54 Å². The Morgan fingerprint density at radius 2 is 2.10 bits per heavy atom. The lowest BCUT2D eigenvalue weighted by molar-refractivity contribution is 0.421. The van der Waals surface area contributed by atoms with Crippen molar-refractivity contribution < 1.29 is 0 Å². The molecule has 2 aromatic heterocycles. The van der Waals surface area contributed by atoms with Crippen LogP contribution in [0.25, 0.3) is 0 Å². The molecule has 0 bridgehead atoms. The van der Waals surface area contributed by atoms with Crippen LogP contribution in [0.2, 0.25) is 0 Å². The van der Waals surface area contributed by atoms with Gasteiger partial charge in [0.05, 0.1) is 5.69 Å². The molecule has 2 rings (SSSR count). The minimum Gasteiger partial charge on any atom is -0.370 e. The Morgan fingerprint density at radius 1 is 1.30 bits per heavy atom. The van der Waals surface area contributed by atoms with Crippen molar-refractivity contribution in [3.63, 3.8) is 0 Å². The van der Waals surface area contributed by atoms with Crippen LogP contribution in [0.1, 0.15) is 32.0 Å². The lowest BCUT2D eigenvalue weighted by Gasteiger charge is -2.22. The molecular weight excluding hydrogens is 266 g/mol. The number of hydrogen-bond acceptors (Lipinski definition) is 4. The van der Waals surface area contributed by atoms with E-state index >= 15 is 0 Å². The molecule has 0 amide bonds. The van der Waals surface area contributed by atoms with Crippen molar-refractivity contribution in [3.05, 3.63) is 46.4 Å². The van der Waals surface area contributed by atoms with Crippen molar-refractivity contribution >= 4 is 17.0 Å². The largest absolute Gasteiger partial charge is 0.370 e. The molecule has 0 aromatic carbocycles. The first-order valence-corrected chi connectivity index (χ1v) is 7.80. The summed E-state index contributed by atoms with van der Waals surface area (Å²) >= 11 is 1.74. The highest BCUT2D eigenvalue weighted by Gasteiger charge is 2.10. The first-order chi connectivity index (χ1) is 9.44. The van der Waals surface area contributed by atoms with Crippen LogP contribution in [0.3, 0.4) is 0 Å². The fourth-order valence-corrected chi connectivity index (χ4v) is 2.56. The zero-order valence-electron chi connectivity index (χ0n) is 12.7. The van der Waals surface area contributed by atoms with Gasteiger partial charge in [-0.1, -0.05) is 0 Å². The van der Waals surface area contributed by atoms with Crippen molar-refractivity contribution in [2.24, 2.45) is 0 Å². The minimum atomic E-state index is 0.111. The van der Waals surface area contributed by atoms with Gasteiger partial charge in [-0.15, -0.1) is 0 Å². The van der Waals surface area contributed by atoms with E-state index < -0.39 is 0 Å². The lowest BCUT2D eigenvalue weighted by atomic mass is 10.1. The standard InChI is InChI=1S/C16H23N3S/c1-16(2,3)18-10-14-9-15(5-7-17-14)19(4)11-13-6-8-20-12-13/h5-9,12,18H,10-11H2,1-4H3. The van der Waals surface area contributed by atoms with Crippen LogP contribution < -0.4 is 10.2 Å². The van der Waals surface area contributed by atoms with E-state index in [0.717, 1.165) is 18.8 Å². The van der Waals surface area contributed by atoms with Gasteiger partial charge in [-0.3, -0.25) is 4.98 Å². The maximum Gasteiger partial charge on any atom is 0.0562 e. The van der Waals surface area contributed by atoms with Crippen LogP contribution in [-0.4, -0.2) is 17.6 Å². The Kier molecular flexibility index (Phi) is 4.78. The van der Waals surface area contributed by atoms with Crippen molar-refractivity contribution in [2.75, 3.05) is 11.9 Å². The molecule has 0 spiro atoms. The Morgan fingerprint density at radius 3 is 2.75 bits per heavy atom. The van der Waals surface area contributed by atoms with Gasteiger partial charge in [0, 0.05) is 37.6 Å². The summed E-state index contributed by atoms with van der Waals surface area (Å²) in [5.41, 5.74) is 3.75. The van der Waals surface area contributed by atoms with Gasteiger partial charge in [-0.05, 0) is 55.3 Å². The predicted molar refractivity (Wildman–Crippen MR) is 87.3 cm³/mol. The topological polar surface area (TPSA) is 28.2 Å². The van der Waals surface area contributed by atoms with E-state index in [1.54, 1.807) is 11.3 Å².